The molecule has 0 bridgehead atoms. The van der Waals surface area contributed by atoms with Gasteiger partial charge in [0.15, 0.2) is 0 Å². The molecule has 1 heterocycles. The second kappa shape index (κ2) is 8.01. The fraction of sp³-hybridized carbons (Fsp3) is 0.0476. The number of anilines is 1. The number of furan rings is 1. The van der Waals surface area contributed by atoms with Crippen molar-refractivity contribution in [2.24, 2.45) is 0 Å². The van der Waals surface area contributed by atoms with Crippen molar-refractivity contribution in [3.63, 3.8) is 0 Å². The Bertz CT molecular complexity index is 1110. The second-order valence-electron chi connectivity index (χ2n) is 5.94. The Morgan fingerprint density at radius 1 is 1.14 bits per heavy atom. The molecule has 0 spiro atoms. The molecule has 3 aromatic rings. The van der Waals surface area contributed by atoms with Crippen LogP contribution >= 0.6 is 0 Å². The van der Waals surface area contributed by atoms with Crippen molar-refractivity contribution < 1.29 is 14.1 Å². The van der Waals surface area contributed by atoms with E-state index >= 15 is 0 Å². The number of aryl methyl sites for hydroxylation is 1. The van der Waals surface area contributed by atoms with Gasteiger partial charge in [-0.25, -0.2) is 0 Å². The zero-order valence-corrected chi connectivity index (χ0v) is 14.9. The average molecular weight is 373 g/mol. The number of non-ortho nitro benzene ring substituents is 1. The standard InChI is InChI=1S/C21H15N3O4/c1-14-4-2-3-5-19(14)23-21(25)16(13-22)12-18-10-11-20(28-18)15-6-8-17(9-7-15)24(26)27/h2-12H,1H3,(H,23,25). The number of nitro benzene ring substituents is 1. The van der Waals surface area contributed by atoms with E-state index < -0.39 is 10.8 Å². The van der Waals surface area contributed by atoms with Gasteiger partial charge in [-0.2, -0.15) is 5.26 Å². The number of carbonyl (C=O) groups excluding carboxylic acids is 1. The molecule has 1 aromatic heterocycles. The Hall–Kier alpha value is -4.18. The van der Waals surface area contributed by atoms with Crippen LogP contribution in [0.1, 0.15) is 11.3 Å². The van der Waals surface area contributed by atoms with Crippen LogP contribution in [0.4, 0.5) is 11.4 Å². The minimum Gasteiger partial charge on any atom is -0.457 e. The number of nitriles is 1. The van der Waals surface area contributed by atoms with Gasteiger partial charge in [0.25, 0.3) is 11.6 Å². The molecule has 2 aromatic carbocycles. The summed E-state index contributed by atoms with van der Waals surface area (Å²) in [6.07, 6.45) is 1.35. The number of nitro groups is 1. The fourth-order valence-corrected chi connectivity index (χ4v) is 2.53. The second-order valence-corrected chi connectivity index (χ2v) is 5.94. The molecule has 28 heavy (non-hydrogen) atoms. The maximum Gasteiger partial charge on any atom is 0.269 e. The molecule has 138 valence electrons. The summed E-state index contributed by atoms with van der Waals surface area (Å²) in [6.45, 7) is 1.86. The molecule has 0 unspecified atom stereocenters. The molecule has 0 aliphatic heterocycles. The Kier molecular flexibility index (Phi) is 5.33. The van der Waals surface area contributed by atoms with Crippen LogP contribution in [0.25, 0.3) is 17.4 Å². The molecule has 7 heteroatoms. The quantitative estimate of drug-likeness (QED) is 0.301. The first kappa shape index (κ1) is 18.6. The molecule has 0 saturated carbocycles. The summed E-state index contributed by atoms with van der Waals surface area (Å²) in [6, 6.07) is 18.3. The third kappa shape index (κ3) is 4.14. The molecule has 0 radical (unpaired) electrons. The number of amides is 1. The van der Waals surface area contributed by atoms with E-state index in [0.29, 0.717) is 22.8 Å². The smallest absolute Gasteiger partial charge is 0.269 e. The number of nitrogens with one attached hydrogen (secondary N) is 1. The average Bonchev–Trinajstić information content (AvgIpc) is 3.16. The van der Waals surface area contributed by atoms with Gasteiger partial charge >= 0.3 is 0 Å². The van der Waals surface area contributed by atoms with E-state index in [-0.39, 0.29) is 11.3 Å². The molecular formula is C21H15N3O4. The van der Waals surface area contributed by atoms with Crippen molar-refractivity contribution in [2.75, 3.05) is 5.32 Å². The van der Waals surface area contributed by atoms with Crippen molar-refractivity contribution in [3.05, 3.63) is 87.7 Å². The van der Waals surface area contributed by atoms with E-state index in [1.54, 1.807) is 36.4 Å². The van der Waals surface area contributed by atoms with Crippen LogP contribution in [0.2, 0.25) is 0 Å². The van der Waals surface area contributed by atoms with Gasteiger partial charge in [0.1, 0.15) is 23.2 Å². The molecule has 0 fully saturated rings. The number of nitrogens with zero attached hydrogens (tertiary/aromatic N) is 2. The van der Waals surface area contributed by atoms with Gasteiger partial charge in [-0.3, -0.25) is 14.9 Å². The van der Waals surface area contributed by atoms with Crippen LogP contribution in [0, 0.1) is 28.4 Å². The first-order valence-electron chi connectivity index (χ1n) is 8.31. The predicted molar refractivity (Wildman–Crippen MR) is 104 cm³/mol. The molecule has 7 nitrogen and oxygen atoms in total. The van der Waals surface area contributed by atoms with Gasteiger partial charge in [0.05, 0.1) is 4.92 Å². The maximum atomic E-state index is 12.4. The summed E-state index contributed by atoms with van der Waals surface area (Å²) in [5.41, 5.74) is 2.03. The van der Waals surface area contributed by atoms with Gasteiger partial charge in [-0.1, -0.05) is 18.2 Å². The highest BCUT2D eigenvalue weighted by atomic mass is 16.6. The van der Waals surface area contributed by atoms with Gasteiger partial charge < -0.3 is 9.73 Å². The number of para-hydroxylation sites is 1. The number of benzene rings is 2. The van der Waals surface area contributed by atoms with Crippen molar-refractivity contribution in [2.45, 2.75) is 6.92 Å². The van der Waals surface area contributed by atoms with Crippen molar-refractivity contribution in [1.82, 2.24) is 0 Å². The zero-order chi connectivity index (χ0) is 20.1. The van der Waals surface area contributed by atoms with Gasteiger partial charge in [0.2, 0.25) is 0 Å². The van der Waals surface area contributed by atoms with E-state index in [4.69, 9.17) is 4.42 Å². The highest BCUT2D eigenvalue weighted by molar-refractivity contribution is 6.09. The van der Waals surface area contributed by atoms with E-state index in [1.165, 1.54) is 18.2 Å². The Morgan fingerprint density at radius 3 is 2.50 bits per heavy atom. The largest absolute Gasteiger partial charge is 0.457 e. The molecule has 1 N–H and O–H groups in total. The molecule has 1 amide bonds. The highest BCUT2D eigenvalue weighted by Crippen LogP contribution is 2.25. The molecule has 3 rings (SSSR count). The van der Waals surface area contributed by atoms with Crippen molar-refractivity contribution in [1.29, 1.82) is 5.26 Å². The molecule has 0 aliphatic rings. The molecule has 0 saturated heterocycles. The highest BCUT2D eigenvalue weighted by Gasteiger charge is 2.13. The normalized spacial score (nSPS) is 10.9. The Morgan fingerprint density at radius 2 is 1.86 bits per heavy atom. The lowest BCUT2D eigenvalue weighted by Crippen LogP contribution is -2.14. The van der Waals surface area contributed by atoms with E-state index in [1.807, 2.05) is 25.1 Å². The topological polar surface area (TPSA) is 109 Å². The summed E-state index contributed by atoms with van der Waals surface area (Å²) < 4.78 is 5.65. The lowest BCUT2D eigenvalue weighted by Gasteiger charge is -2.06. The summed E-state index contributed by atoms with van der Waals surface area (Å²) in [7, 11) is 0. The summed E-state index contributed by atoms with van der Waals surface area (Å²) in [5.74, 6) is 0.257. The van der Waals surface area contributed by atoms with Crippen LogP contribution in [-0.2, 0) is 4.79 Å². The van der Waals surface area contributed by atoms with Crippen LogP contribution in [0.15, 0.2) is 70.7 Å². The molecular weight excluding hydrogens is 358 g/mol. The lowest BCUT2D eigenvalue weighted by atomic mass is 10.1. The first-order valence-corrected chi connectivity index (χ1v) is 8.31. The summed E-state index contributed by atoms with van der Waals surface area (Å²) in [5, 5.41) is 22.8. The van der Waals surface area contributed by atoms with Crippen LogP contribution in [0.3, 0.4) is 0 Å². The van der Waals surface area contributed by atoms with Crippen molar-refractivity contribution in [3.8, 4) is 17.4 Å². The van der Waals surface area contributed by atoms with Crippen molar-refractivity contribution >= 4 is 23.4 Å². The monoisotopic (exact) mass is 373 g/mol. The number of rotatable bonds is 5. The number of carbonyl (C=O) groups is 1. The fourth-order valence-electron chi connectivity index (χ4n) is 2.53. The number of hydrogen-bond donors (Lipinski definition) is 1. The van der Waals surface area contributed by atoms with Gasteiger partial charge in [-0.05, 0) is 42.8 Å². The van der Waals surface area contributed by atoms with Crippen LogP contribution < -0.4 is 5.32 Å². The SMILES string of the molecule is Cc1ccccc1NC(=O)C(C#N)=Cc1ccc(-c2ccc([N+](=O)[O-])cc2)o1. The lowest BCUT2D eigenvalue weighted by molar-refractivity contribution is -0.384. The van der Waals surface area contributed by atoms with E-state index in [2.05, 4.69) is 5.32 Å². The van der Waals surface area contributed by atoms with Gasteiger partial charge in [-0.15, -0.1) is 0 Å². The maximum absolute atomic E-state index is 12.4. The minimum atomic E-state index is -0.537. The molecule has 0 atom stereocenters. The third-order valence-corrected chi connectivity index (χ3v) is 4.03. The van der Waals surface area contributed by atoms with Crippen LogP contribution in [-0.4, -0.2) is 10.8 Å². The first-order chi connectivity index (χ1) is 13.5. The van der Waals surface area contributed by atoms with E-state index in [9.17, 15) is 20.2 Å². The van der Waals surface area contributed by atoms with E-state index in [0.717, 1.165) is 5.56 Å². The Balaban J connectivity index is 1.80. The predicted octanol–water partition coefficient (Wildman–Crippen LogP) is 4.71. The molecule has 0 aliphatic carbocycles. The number of hydrogen-bond acceptors (Lipinski definition) is 5. The zero-order valence-electron chi connectivity index (χ0n) is 14.9. The summed E-state index contributed by atoms with van der Waals surface area (Å²) >= 11 is 0. The minimum absolute atomic E-state index is 0.0185. The Labute approximate surface area is 160 Å². The summed E-state index contributed by atoms with van der Waals surface area (Å²) in [4.78, 5) is 22.6. The van der Waals surface area contributed by atoms with Crippen LogP contribution in [0.5, 0.6) is 0 Å². The van der Waals surface area contributed by atoms with Gasteiger partial charge in [0, 0.05) is 29.5 Å². The third-order valence-electron chi connectivity index (χ3n) is 4.03.